The maximum atomic E-state index is 12.1. The van der Waals surface area contributed by atoms with E-state index in [1.165, 1.54) is 6.07 Å². The second-order valence-corrected chi connectivity index (χ2v) is 8.84. The van der Waals surface area contributed by atoms with Gasteiger partial charge in [-0.25, -0.2) is 23.2 Å². The molecular formula is C20H21N5O3S. The van der Waals surface area contributed by atoms with Crippen LogP contribution in [0.15, 0.2) is 54.6 Å². The summed E-state index contributed by atoms with van der Waals surface area (Å²) in [7, 11) is -3.24. The minimum atomic E-state index is -3.24. The Bertz CT molecular complexity index is 1130. The number of nitrogens with one attached hydrogen (secondary N) is 2. The maximum absolute atomic E-state index is 12.1. The number of urea groups is 1. The fourth-order valence-electron chi connectivity index (χ4n) is 2.62. The Morgan fingerprint density at radius 3 is 2.07 bits per heavy atom. The summed E-state index contributed by atoms with van der Waals surface area (Å²) in [6.07, 6.45) is 1.13. The van der Waals surface area contributed by atoms with Crippen molar-refractivity contribution in [1.82, 2.24) is 9.97 Å². The number of hydrogen-bond donors (Lipinski definition) is 3. The van der Waals surface area contributed by atoms with Crippen LogP contribution in [0.5, 0.6) is 0 Å². The molecular weight excluding hydrogens is 390 g/mol. The molecule has 0 radical (unpaired) electrons. The van der Waals surface area contributed by atoms with E-state index in [1.807, 2.05) is 31.2 Å². The Hall–Kier alpha value is -3.46. The fourth-order valence-corrected chi connectivity index (χ4v) is 3.31. The standard InChI is InChI=1S/C20H21N5O3S/c1-13-3-7-15(8-4-13)23-20(26)24-16-9-5-14(6-10-16)19-22-17(11-18(21)25-19)12-29(2,27)28/h3-11H,12H2,1-2H3,(H2,21,22,25)(H2,23,24,26). The minimum Gasteiger partial charge on any atom is -0.384 e. The molecule has 0 unspecified atom stereocenters. The van der Waals surface area contributed by atoms with Gasteiger partial charge in [-0.05, 0) is 43.3 Å². The highest BCUT2D eigenvalue weighted by molar-refractivity contribution is 7.89. The second-order valence-electron chi connectivity index (χ2n) is 6.70. The monoisotopic (exact) mass is 411 g/mol. The third-order valence-electron chi connectivity index (χ3n) is 3.92. The molecule has 0 bridgehead atoms. The number of benzene rings is 2. The van der Waals surface area contributed by atoms with E-state index in [0.717, 1.165) is 11.8 Å². The Morgan fingerprint density at radius 1 is 0.966 bits per heavy atom. The molecule has 3 rings (SSSR count). The number of aromatic nitrogens is 2. The molecule has 4 N–H and O–H groups in total. The lowest BCUT2D eigenvalue weighted by molar-refractivity contribution is 0.262. The van der Waals surface area contributed by atoms with Crippen molar-refractivity contribution in [2.24, 2.45) is 0 Å². The fraction of sp³-hybridized carbons (Fsp3) is 0.150. The highest BCUT2D eigenvalue weighted by Gasteiger charge is 2.11. The van der Waals surface area contributed by atoms with Crippen molar-refractivity contribution in [3.8, 4) is 11.4 Å². The number of aryl methyl sites for hydroxylation is 1. The lowest BCUT2D eigenvalue weighted by atomic mass is 10.2. The number of rotatable bonds is 5. The molecule has 0 saturated heterocycles. The number of nitrogen functional groups attached to an aromatic ring is 1. The third kappa shape index (κ3) is 6.01. The molecule has 150 valence electrons. The molecule has 0 aliphatic carbocycles. The number of hydrogen-bond acceptors (Lipinski definition) is 6. The van der Waals surface area contributed by atoms with E-state index in [0.29, 0.717) is 28.5 Å². The molecule has 3 aromatic rings. The van der Waals surface area contributed by atoms with Crippen LogP contribution in [0.25, 0.3) is 11.4 Å². The average Bonchev–Trinajstić information content (AvgIpc) is 2.62. The van der Waals surface area contributed by atoms with Gasteiger partial charge in [-0.3, -0.25) is 0 Å². The number of carbonyl (C=O) groups is 1. The number of nitrogens with zero attached hydrogens (tertiary/aromatic N) is 2. The van der Waals surface area contributed by atoms with Crippen LogP contribution >= 0.6 is 0 Å². The molecule has 0 aliphatic rings. The number of carbonyl (C=O) groups excluding carboxylic acids is 1. The summed E-state index contributed by atoms with van der Waals surface area (Å²) in [5.74, 6) is 0.290. The molecule has 2 amide bonds. The zero-order chi connectivity index (χ0) is 21.0. The van der Waals surface area contributed by atoms with Gasteiger partial charge in [-0.1, -0.05) is 17.7 Å². The molecule has 0 aliphatic heterocycles. The van der Waals surface area contributed by atoms with Gasteiger partial charge in [-0.2, -0.15) is 0 Å². The van der Waals surface area contributed by atoms with Crippen molar-refractivity contribution in [1.29, 1.82) is 0 Å². The summed E-state index contributed by atoms with van der Waals surface area (Å²) in [5, 5.41) is 5.50. The Balaban J connectivity index is 1.71. The zero-order valence-corrected chi connectivity index (χ0v) is 16.8. The van der Waals surface area contributed by atoms with Crippen molar-refractivity contribution >= 4 is 33.1 Å². The summed E-state index contributed by atoms with van der Waals surface area (Å²) < 4.78 is 23.0. The van der Waals surface area contributed by atoms with Crippen molar-refractivity contribution in [2.75, 3.05) is 22.6 Å². The Labute approximate surface area is 169 Å². The van der Waals surface area contributed by atoms with E-state index in [2.05, 4.69) is 20.6 Å². The van der Waals surface area contributed by atoms with Gasteiger partial charge in [0.25, 0.3) is 0 Å². The van der Waals surface area contributed by atoms with Gasteiger partial charge in [0.1, 0.15) is 5.82 Å². The van der Waals surface area contributed by atoms with Crippen LogP contribution in [-0.4, -0.2) is 30.7 Å². The van der Waals surface area contributed by atoms with Gasteiger partial charge in [-0.15, -0.1) is 0 Å². The predicted molar refractivity (Wildman–Crippen MR) is 114 cm³/mol. The van der Waals surface area contributed by atoms with Crippen molar-refractivity contribution in [3.05, 3.63) is 65.9 Å². The molecule has 1 heterocycles. The predicted octanol–water partition coefficient (Wildman–Crippen LogP) is 3.22. The summed E-state index contributed by atoms with van der Waals surface area (Å²) in [4.78, 5) is 20.6. The van der Waals surface area contributed by atoms with E-state index in [1.54, 1.807) is 24.3 Å². The molecule has 2 aromatic carbocycles. The van der Waals surface area contributed by atoms with E-state index in [-0.39, 0.29) is 17.6 Å². The Morgan fingerprint density at radius 2 is 1.52 bits per heavy atom. The first kappa shape index (κ1) is 20.3. The molecule has 0 atom stereocenters. The normalized spacial score (nSPS) is 11.1. The summed E-state index contributed by atoms with van der Waals surface area (Å²) >= 11 is 0. The lowest BCUT2D eigenvalue weighted by Gasteiger charge is -2.09. The van der Waals surface area contributed by atoms with Crippen LogP contribution in [-0.2, 0) is 15.6 Å². The van der Waals surface area contributed by atoms with Gasteiger partial charge < -0.3 is 16.4 Å². The first-order valence-corrected chi connectivity index (χ1v) is 10.8. The number of anilines is 3. The number of nitrogens with two attached hydrogens (primary N) is 1. The SMILES string of the molecule is Cc1ccc(NC(=O)Nc2ccc(-c3nc(N)cc(CS(C)(=O)=O)n3)cc2)cc1. The highest BCUT2D eigenvalue weighted by Crippen LogP contribution is 2.20. The topological polar surface area (TPSA) is 127 Å². The molecule has 9 heteroatoms. The smallest absolute Gasteiger partial charge is 0.323 e. The largest absolute Gasteiger partial charge is 0.384 e. The van der Waals surface area contributed by atoms with Crippen LogP contribution in [0.3, 0.4) is 0 Å². The molecule has 0 saturated carbocycles. The van der Waals surface area contributed by atoms with Crippen molar-refractivity contribution in [2.45, 2.75) is 12.7 Å². The lowest BCUT2D eigenvalue weighted by Crippen LogP contribution is -2.19. The first-order valence-electron chi connectivity index (χ1n) is 8.74. The van der Waals surface area contributed by atoms with Crippen LogP contribution in [0.1, 0.15) is 11.3 Å². The molecule has 29 heavy (non-hydrogen) atoms. The third-order valence-corrected chi connectivity index (χ3v) is 4.74. The van der Waals surface area contributed by atoms with Crippen LogP contribution in [0.4, 0.5) is 22.0 Å². The average molecular weight is 411 g/mol. The van der Waals surface area contributed by atoms with Crippen molar-refractivity contribution in [3.63, 3.8) is 0 Å². The van der Waals surface area contributed by atoms with E-state index >= 15 is 0 Å². The maximum Gasteiger partial charge on any atom is 0.323 e. The van der Waals surface area contributed by atoms with E-state index in [9.17, 15) is 13.2 Å². The number of sulfone groups is 1. The van der Waals surface area contributed by atoms with Gasteiger partial charge in [0.15, 0.2) is 15.7 Å². The van der Waals surface area contributed by atoms with Crippen LogP contribution < -0.4 is 16.4 Å². The van der Waals surface area contributed by atoms with Gasteiger partial charge in [0.05, 0.1) is 11.4 Å². The Kier molecular flexibility index (Phi) is 5.79. The quantitative estimate of drug-likeness (QED) is 0.591. The molecule has 1 aromatic heterocycles. The van der Waals surface area contributed by atoms with Gasteiger partial charge in [0.2, 0.25) is 0 Å². The van der Waals surface area contributed by atoms with E-state index < -0.39 is 9.84 Å². The molecule has 8 nitrogen and oxygen atoms in total. The summed E-state index contributed by atoms with van der Waals surface area (Å²) in [6.45, 7) is 1.97. The molecule has 0 spiro atoms. The van der Waals surface area contributed by atoms with Crippen molar-refractivity contribution < 1.29 is 13.2 Å². The van der Waals surface area contributed by atoms with E-state index in [4.69, 9.17) is 5.73 Å². The second kappa shape index (κ2) is 8.27. The number of amides is 2. The van der Waals surface area contributed by atoms with Gasteiger partial charge >= 0.3 is 6.03 Å². The summed E-state index contributed by atoms with van der Waals surface area (Å²) in [6, 6.07) is 15.4. The highest BCUT2D eigenvalue weighted by atomic mass is 32.2. The first-order chi connectivity index (χ1) is 13.7. The molecule has 0 fully saturated rings. The van der Waals surface area contributed by atoms with Gasteiger partial charge in [0, 0.05) is 29.3 Å². The minimum absolute atomic E-state index is 0.188. The summed E-state index contributed by atoms with van der Waals surface area (Å²) in [5.41, 5.74) is 9.14. The van der Waals surface area contributed by atoms with Crippen LogP contribution in [0.2, 0.25) is 0 Å². The zero-order valence-electron chi connectivity index (χ0n) is 16.0. The van der Waals surface area contributed by atoms with Crippen LogP contribution in [0, 0.1) is 6.92 Å².